The van der Waals surface area contributed by atoms with Crippen molar-refractivity contribution >= 4 is 17.8 Å². The van der Waals surface area contributed by atoms with Crippen molar-refractivity contribution in [2.45, 2.75) is 174 Å². The van der Waals surface area contributed by atoms with Crippen LogP contribution in [0.15, 0.2) is 109 Å². The molecule has 0 rings (SSSR count). The van der Waals surface area contributed by atoms with E-state index in [9.17, 15) is 19.5 Å². The van der Waals surface area contributed by atoms with Crippen molar-refractivity contribution in [2.75, 3.05) is 6.54 Å². The highest BCUT2D eigenvalue weighted by Gasteiger charge is 2.19. The smallest absolute Gasteiger partial charge is 0.326 e. The van der Waals surface area contributed by atoms with Gasteiger partial charge in [-0.05, 0) is 122 Å². The number of rotatable bonds is 37. The Kier molecular flexibility index (Phi) is 39.2. The zero-order valence-corrected chi connectivity index (χ0v) is 35.2. The highest BCUT2D eigenvalue weighted by atomic mass is 16.5. The minimum Gasteiger partial charge on any atom is -0.480 e. The molecule has 0 heterocycles. The maximum Gasteiger partial charge on any atom is 0.326 e. The van der Waals surface area contributed by atoms with Crippen molar-refractivity contribution in [3.8, 4) is 0 Å². The molecule has 0 saturated heterocycles. The minimum absolute atomic E-state index is 0.142. The van der Waals surface area contributed by atoms with Crippen LogP contribution in [0.5, 0.6) is 0 Å². The number of ether oxygens (including phenoxy) is 1. The van der Waals surface area contributed by atoms with E-state index in [4.69, 9.17) is 10.5 Å². The molecule has 7 heteroatoms. The number of aliphatic carboxylic acids is 1. The van der Waals surface area contributed by atoms with E-state index in [1.165, 1.54) is 0 Å². The number of carboxylic acid groups (broad SMARTS) is 1. The molecular formula is C49H78N2O5. The molecule has 7 nitrogen and oxygen atoms in total. The number of nitrogens with two attached hydrogens (primary N) is 1. The van der Waals surface area contributed by atoms with Crippen LogP contribution < -0.4 is 11.1 Å². The fraction of sp³-hybridized carbons (Fsp3) is 0.571. The summed E-state index contributed by atoms with van der Waals surface area (Å²) in [5, 5.41) is 11.9. The molecule has 0 bridgehead atoms. The molecule has 0 fully saturated rings. The number of carboxylic acids is 1. The molecule has 0 aromatic rings. The fourth-order valence-electron chi connectivity index (χ4n) is 5.62. The van der Waals surface area contributed by atoms with Gasteiger partial charge in [0.1, 0.15) is 12.1 Å². The Morgan fingerprint density at radius 3 is 1.48 bits per heavy atom. The number of nitrogens with one attached hydrogen (secondary N) is 1. The maximum absolute atomic E-state index is 12.7. The molecule has 1 amide bonds. The van der Waals surface area contributed by atoms with E-state index >= 15 is 0 Å². The zero-order chi connectivity index (χ0) is 41.0. The van der Waals surface area contributed by atoms with Gasteiger partial charge in [0.25, 0.3) is 0 Å². The van der Waals surface area contributed by atoms with E-state index < -0.39 is 12.0 Å². The molecule has 2 unspecified atom stereocenters. The van der Waals surface area contributed by atoms with E-state index in [2.05, 4.69) is 122 Å². The van der Waals surface area contributed by atoms with Crippen LogP contribution in [0.1, 0.15) is 162 Å². The van der Waals surface area contributed by atoms with Crippen molar-refractivity contribution < 1.29 is 24.2 Å². The summed E-state index contributed by atoms with van der Waals surface area (Å²) in [6.07, 6.45) is 58.7. The van der Waals surface area contributed by atoms with Gasteiger partial charge in [0.05, 0.1) is 0 Å². The van der Waals surface area contributed by atoms with Crippen molar-refractivity contribution in [1.29, 1.82) is 0 Å². The number of carbonyl (C=O) groups is 3. The first-order valence-electron chi connectivity index (χ1n) is 21.7. The standard InChI is InChI=1S/C49H78N2O5/c1-3-5-7-9-11-13-14-15-16-17-18-19-20-21-22-23-24-25-26-27-29-31-37-43-48(53)56-45(39-34-30-28-12-10-8-6-4-2)40-35-32-33-36-42-47(52)51-46(49(54)55)41-38-44-50/h5-8,11-13,15-16,18-19,21-22,24-25,28,34,39,45-46H,3-4,9-10,14,17,20,23,26-27,29-33,35-38,40-44,50H2,1-2H3,(H,51,52)(H,54,55)/b7-5-,8-6-,13-11-,16-15-,19-18-,22-21-,25-24-,28-12-,39-34-. The average Bonchev–Trinajstić information content (AvgIpc) is 3.18. The van der Waals surface area contributed by atoms with Crippen LogP contribution in [0.3, 0.4) is 0 Å². The highest BCUT2D eigenvalue weighted by Crippen LogP contribution is 2.14. The lowest BCUT2D eigenvalue weighted by Gasteiger charge is -2.15. The summed E-state index contributed by atoms with van der Waals surface area (Å²) in [4.78, 5) is 36.3. The second-order valence-corrected chi connectivity index (χ2v) is 14.0. The molecule has 56 heavy (non-hydrogen) atoms. The van der Waals surface area contributed by atoms with Gasteiger partial charge in [-0.3, -0.25) is 9.59 Å². The van der Waals surface area contributed by atoms with Gasteiger partial charge in [0.15, 0.2) is 0 Å². The van der Waals surface area contributed by atoms with Gasteiger partial charge < -0.3 is 20.9 Å². The Morgan fingerprint density at radius 2 is 0.982 bits per heavy atom. The maximum atomic E-state index is 12.7. The normalized spacial score (nSPS) is 13.8. The first kappa shape index (κ1) is 52.0. The van der Waals surface area contributed by atoms with Gasteiger partial charge in [-0.1, -0.05) is 143 Å². The number of hydrogen-bond donors (Lipinski definition) is 3. The number of esters is 1. The van der Waals surface area contributed by atoms with Gasteiger partial charge in [-0.15, -0.1) is 0 Å². The van der Waals surface area contributed by atoms with E-state index in [-0.39, 0.29) is 18.0 Å². The summed E-state index contributed by atoms with van der Waals surface area (Å²) in [5.41, 5.74) is 5.48. The lowest BCUT2D eigenvalue weighted by molar-refractivity contribution is -0.147. The summed E-state index contributed by atoms with van der Waals surface area (Å²) < 4.78 is 5.88. The third kappa shape index (κ3) is 38.3. The summed E-state index contributed by atoms with van der Waals surface area (Å²) >= 11 is 0. The van der Waals surface area contributed by atoms with Gasteiger partial charge >= 0.3 is 11.9 Å². The summed E-state index contributed by atoms with van der Waals surface area (Å²) in [7, 11) is 0. The molecule has 0 spiro atoms. The molecule has 0 aromatic carbocycles. The molecule has 0 aromatic heterocycles. The van der Waals surface area contributed by atoms with Crippen LogP contribution in [0, 0.1) is 0 Å². The first-order valence-corrected chi connectivity index (χ1v) is 21.7. The molecule has 0 aliphatic rings. The van der Waals surface area contributed by atoms with Crippen molar-refractivity contribution in [3.63, 3.8) is 0 Å². The van der Waals surface area contributed by atoms with Gasteiger partial charge in [-0.25, -0.2) is 4.79 Å². The Bertz CT molecular complexity index is 1240. The lowest BCUT2D eigenvalue weighted by Crippen LogP contribution is -2.40. The Labute approximate surface area is 341 Å². The first-order chi connectivity index (χ1) is 27.4. The van der Waals surface area contributed by atoms with Crippen LogP contribution in [0.4, 0.5) is 0 Å². The Hall–Kier alpha value is -3.97. The third-order valence-corrected chi connectivity index (χ3v) is 8.82. The molecule has 0 radical (unpaired) electrons. The largest absolute Gasteiger partial charge is 0.480 e. The lowest BCUT2D eigenvalue weighted by atomic mass is 10.1. The fourth-order valence-corrected chi connectivity index (χ4v) is 5.62. The van der Waals surface area contributed by atoms with Crippen LogP contribution in [0.2, 0.25) is 0 Å². The van der Waals surface area contributed by atoms with E-state index in [0.29, 0.717) is 38.6 Å². The minimum atomic E-state index is -1.03. The number of carbonyl (C=O) groups excluding carboxylic acids is 2. The summed E-state index contributed by atoms with van der Waals surface area (Å²) in [6, 6.07) is -0.885. The van der Waals surface area contributed by atoms with E-state index in [1.807, 2.05) is 6.08 Å². The monoisotopic (exact) mass is 775 g/mol. The predicted molar refractivity (Wildman–Crippen MR) is 238 cm³/mol. The Morgan fingerprint density at radius 1 is 0.536 bits per heavy atom. The molecule has 2 atom stereocenters. The second-order valence-electron chi connectivity index (χ2n) is 14.0. The number of unbranched alkanes of at least 4 members (excludes halogenated alkanes) is 7. The molecule has 0 aliphatic carbocycles. The number of amides is 1. The third-order valence-electron chi connectivity index (χ3n) is 8.82. The summed E-state index contributed by atoms with van der Waals surface area (Å²) in [6.45, 7) is 4.67. The van der Waals surface area contributed by atoms with Crippen molar-refractivity contribution in [1.82, 2.24) is 5.32 Å². The zero-order valence-electron chi connectivity index (χ0n) is 35.2. The molecule has 4 N–H and O–H groups in total. The van der Waals surface area contributed by atoms with Crippen LogP contribution >= 0.6 is 0 Å². The highest BCUT2D eigenvalue weighted by molar-refractivity contribution is 5.83. The topological polar surface area (TPSA) is 119 Å². The van der Waals surface area contributed by atoms with Crippen LogP contribution in [-0.2, 0) is 19.1 Å². The summed E-state index contributed by atoms with van der Waals surface area (Å²) in [5.74, 6) is -1.41. The second kappa shape index (κ2) is 42.2. The SMILES string of the molecule is CC/C=C\C/C=C\C/C=C\C/C=C\C/C=C\C/C=C\CCCCCCC(=O)OC(/C=C\C/C=C\C/C=C\CC)CCCCCCC(=O)NC(CCCN)C(=O)O. The number of hydrogen-bond acceptors (Lipinski definition) is 5. The van der Waals surface area contributed by atoms with E-state index in [1.54, 1.807) is 0 Å². The van der Waals surface area contributed by atoms with Crippen LogP contribution in [-0.4, -0.2) is 41.6 Å². The molecule has 314 valence electrons. The molecular weight excluding hydrogens is 697 g/mol. The number of allylic oxidation sites excluding steroid dienone is 17. The molecule has 0 aliphatic heterocycles. The molecule has 0 saturated carbocycles. The van der Waals surface area contributed by atoms with Crippen molar-refractivity contribution in [2.24, 2.45) is 5.73 Å². The predicted octanol–water partition coefficient (Wildman–Crippen LogP) is 12.4. The van der Waals surface area contributed by atoms with Gasteiger partial charge in [-0.2, -0.15) is 0 Å². The Balaban J connectivity index is 4.32. The van der Waals surface area contributed by atoms with Crippen LogP contribution in [0.25, 0.3) is 0 Å². The van der Waals surface area contributed by atoms with Gasteiger partial charge in [0, 0.05) is 12.8 Å². The van der Waals surface area contributed by atoms with Gasteiger partial charge in [0.2, 0.25) is 5.91 Å². The quantitative estimate of drug-likeness (QED) is 0.0328. The average molecular weight is 775 g/mol. The van der Waals surface area contributed by atoms with E-state index in [0.717, 1.165) is 116 Å². The van der Waals surface area contributed by atoms with Crippen molar-refractivity contribution in [3.05, 3.63) is 109 Å².